The second kappa shape index (κ2) is 39.8. The fourth-order valence-electron chi connectivity index (χ4n) is 9.23. The molecule has 0 aliphatic carbocycles. The van der Waals surface area contributed by atoms with Gasteiger partial charge in [-0.05, 0) is 56.9 Å². The number of nitrogens with two attached hydrogens (primary N) is 3. The van der Waals surface area contributed by atoms with E-state index in [0.29, 0.717) is 19.6 Å². The number of carbonyl (C=O) groups is 10. The van der Waals surface area contributed by atoms with Gasteiger partial charge in [0.2, 0.25) is 47.3 Å². The molecule has 18 N–H and O–H groups in total. The van der Waals surface area contributed by atoms with Gasteiger partial charge in [-0.2, -0.15) is 0 Å². The van der Waals surface area contributed by atoms with Gasteiger partial charge in [-0.3, -0.25) is 49.0 Å². The van der Waals surface area contributed by atoms with E-state index in [1.54, 1.807) is 27.7 Å². The topological polar surface area (TPSA) is 428 Å². The Bertz CT molecular complexity index is 1940. The van der Waals surface area contributed by atoms with E-state index in [0.717, 1.165) is 19.3 Å². The fraction of sp³-hybridized carbons (Fsp3) is 0.811. The summed E-state index contributed by atoms with van der Waals surface area (Å²) < 4.78 is 0. The second-order valence-electron chi connectivity index (χ2n) is 21.7. The Kier molecular flexibility index (Phi) is 35.0. The lowest BCUT2D eigenvalue weighted by Crippen LogP contribution is -2.62. The van der Waals surface area contributed by atoms with E-state index in [-0.39, 0.29) is 69.5 Å². The van der Waals surface area contributed by atoms with Crippen LogP contribution in [0, 0.1) is 11.8 Å². The highest BCUT2D eigenvalue weighted by atomic mass is 17.2. The lowest BCUT2D eigenvalue weighted by Gasteiger charge is -2.33. The number of amides is 8. The minimum Gasteiger partial charge on any atom is -0.376 e. The zero-order valence-electron chi connectivity index (χ0n) is 47.8. The van der Waals surface area contributed by atoms with Crippen LogP contribution in [0.5, 0.6) is 0 Å². The Labute approximate surface area is 471 Å². The van der Waals surface area contributed by atoms with Crippen molar-refractivity contribution >= 4 is 59.2 Å². The van der Waals surface area contributed by atoms with Gasteiger partial charge < -0.3 is 69.9 Å². The summed E-state index contributed by atoms with van der Waals surface area (Å²) in [5.41, 5.74) is 16.6. The maximum absolute atomic E-state index is 14.2. The summed E-state index contributed by atoms with van der Waals surface area (Å²) in [5.74, 6) is -8.84. The summed E-state index contributed by atoms with van der Waals surface area (Å²) >= 11 is 0. The molecule has 8 unspecified atom stereocenters. The molecule has 27 nitrogen and oxygen atoms in total. The molecular formula is C53H97N13O14. The number of carbonyl (C=O) groups excluding carboxylic acids is 10. The monoisotopic (exact) mass is 1140 g/mol. The first-order chi connectivity index (χ1) is 38.1. The quantitative estimate of drug-likeness (QED) is 0.0187. The first-order valence-corrected chi connectivity index (χ1v) is 28.8. The van der Waals surface area contributed by atoms with Gasteiger partial charge in [0.1, 0.15) is 30.6 Å². The molecule has 2 rings (SSSR count). The van der Waals surface area contributed by atoms with Crippen molar-refractivity contribution in [2.45, 2.75) is 237 Å². The first kappa shape index (κ1) is 70.5. The summed E-state index contributed by atoms with van der Waals surface area (Å²) in [5, 5.41) is 50.6. The lowest BCUT2D eigenvalue weighted by molar-refractivity contribution is -0.270. The molecule has 0 aromatic rings. The van der Waals surface area contributed by atoms with Gasteiger partial charge in [0.25, 0.3) is 0 Å². The van der Waals surface area contributed by atoms with E-state index in [4.69, 9.17) is 17.2 Å². The third-order valence-corrected chi connectivity index (χ3v) is 14.0. The Morgan fingerprint density at radius 2 is 1.19 bits per heavy atom. The van der Waals surface area contributed by atoms with Crippen LogP contribution >= 0.6 is 0 Å². The van der Waals surface area contributed by atoms with Crippen molar-refractivity contribution in [1.29, 1.82) is 0 Å². The average molecular weight is 1140 g/mol. The molecule has 0 radical (unpaired) electrons. The van der Waals surface area contributed by atoms with Crippen LogP contribution in [0.1, 0.15) is 176 Å². The highest BCUT2D eigenvalue weighted by molar-refractivity contribution is 5.94. The van der Waals surface area contributed by atoms with Crippen LogP contribution in [0.25, 0.3) is 0 Å². The molecule has 0 aromatic heterocycles. The molecule has 8 amide bonds. The molecule has 2 heterocycles. The van der Waals surface area contributed by atoms with Gasteiger partial charge >= 0.3 is 11.9 Å². The van der Waals surface area contributed by atoms with Crippen LogP contribution in [0.4, 0.5) is 0 Å². The van der Waals surface area contributed by atoms with Crippen molar-refractivity contribution in [3.63, 3.8) is 0 Å². The van der Waals surface area contributed by atoms with Crippen molar-refractivity contribution < 1.29 is 67.9 Å². The predicted molar refractivity (Wildman–Crippen MR) is 295 cm³/mol. The van der Waals surface area contributed by atoms with E-state index in [1.807, 2.05) is 0 Å². The Balaban J connectivity index is 2.15. The molecule has 458 valence electrons. The Morgan fingerprint density at radius 1 is 0.625 bits per heavy atom. The van der Waals surface area contributed by atoms with E-state index in [1.165, 1.54) is 57.8 Å². The molecule has 0 spiro atoms. The maximum atomic E-state index is 14.2. The van der Waals surface area contributed by atoms with Crippen molar-refractivity contribution in [3.05, 3.63) is 0 Å². The van der Waals surface area contributed by atoms with Crippen LogP contribution in [-0.4, -0.2) is 157 Å². The number of unbranched alkanes of at least 4 members (excludes halogenated alkanes) is 12. The summed E-state index contributed by atoms with van der Waals surface area (Å²) in [4.78, 5) is 138. The fourth-order valence-corrected chi connectivity index (χ4v) is 9.23. The average Bonchev–Trinajstić information content (AvgIpc) is 3.92. The Hall–Kier alpha value is -5.58. The predicted octanol–water partition coefficient (Wildman–Crippen LogP) is -1.54. The number of rotatable bonds is 44. The first-order valence-electron chi connectivity index (χ1n) is 28.8. The maximum Gasteiger partial charge on any atom is 0.378 e. The highest BCUT2D eigenvalue weighted by Crippen LogP contribution is 2.16. The number of hydrogen-bond donors (Lipinski definition) is 15. The molecular weight excluding hydrogens is 1040 g/mol. The zero-order chi connectivity index (χ0) is 59.6. The number of aliphatic hydroxyl groups is 2. The normalized spacial score (nSPS) is 18.3. The molecule has 0 bridgehead atoms. The summed E-state index contributed by atoms with van der Waals surface area (Å²) in [6, 6.07) is -9.37. The van der Waals surface area contributed by atoms with Crippen molar-refractivity contribution in [1.82, 2.24) is 53.2 Å². The standard InChI is InChI=1S/C53H97N13O14/c1-6-7-8-9-10-11-12-13-14-15-16-17-18-21-42(69)58-30-43(70)65-45(32(2)3)52(77)66-46(33(4)5)51(76)62-37(23-25-41(56)68)48(73)61-36(22-24-40(55)67)49(74)63-38(27-34-29-57-31-59-34)50(75)60-35(20-19-26-54)47(72)64-39-28-44(71)79-80-53(39)78/h32-39,45-46,50,52,57,59-60,66,75,77H,6-31,54H2,1-5H3,(H2,55,67)(H2,56,68)(H,58,69)(H,61,73)(H,62,76)(H,63,74)(H,64,72)(H,65,70)/t34?,35?,36?,37-,38?,39?,45-,46?,50?,52?/m0/s1. The van der Waals surface area contributed by atoms with Crippen LogP contribution in [0.2, 0.25) is 0 Å². The number of primary amides is 2. The van der Waals surface area contributed by atoms with Crippen molar-refractivity contribution in [3.8, 4) is 0 Å². The van der Waals surface area contributed by atoms with Crippen LogP contribution < -0.4 is 70.4 Å². The number of hydrogen-bond acceptors (Lipinski definition) is 19. The van der Waals surface area contributed by atoms with Crippen molar-refractivity contribution in [2.75, 3.05) is 26.3 Å². The highest BCUT2D eigenvalue weighted by Gasteiger charge is 2.38. The van der Waals surface area contributed by atoms with Crippen LogP contribution in [0.15, 0.2) is 0 Å². The van der Waals surface area contributed by atoms with E-state index < -0.39 is 133 Å². The molecule has 10 atom stereocenters. The van der Waals surface area contributed by atoms with Crippen LogP contribution in [-0.2, 0) is 57.7 Å². The molecule has 2 aliphatic rings. The molecule has 0 aromatic carbocycles. The zero-order valence-corrected chi connectivity index (χ0v) is 47.8. The minimum atomic E-state index is -1.68. The van der Waals surface area contributed by atoms with E-state index in [9.17, 15) is 58.2 Å². The van der Waals surface area contributed by atoms with Gasteiger partial charge in [0.05, 0.1) is 37.1 Å². The second-order valence-corrected chi connectivity index (χ2v) is 21.7. The molecule has 80 heavy (non-hydrogen) atoms. The smallest absolute Gasteiger partial charge is 0.376 e. The van der Waals surface area contributed by atoms with Gasteiger partial charge in [-0.1, -0.05) is 112 Å². The Morgan fingerprint density at radius 3 is 1.71 bits per heavy atom. The molecule has 0 saturated carbocycles. The van der Waals surface area contributed by atoms with E-state index >= 15 is 0 Å². The van der Waals surface area contributed by atoms with Gasteiger partial charge in [-0.15, -0.1) is 0 Å². The summed E-state index contributed by atoms with van der Waals surface area (Å²) in [6.45, 7) is 9.64. The largest absolute Gasteiger partial charge is 0.378 e. The minimum absolute atomic E-state index is 0.0345. The molecule has 27 heteroatoms. The summed E-state index contributed by atoms with van der Waals surface area (Å²) in [6.07, 6.45) is 10.6. The SMILES string of the molecule is CCCCCCCCCCCCCCCC(=O)NCC(=O)N[C@@H](C(C)C)C(O)NC(C(=O)N[C@@H](CCC(N)=O)C(=O)NC(CCC(N)=O)C(=O)NC(CC1CNCN1)C(O)NC(CCCN)C(=O)NC1CC(=O)OOC1=O)C(C)C. The third-order valence-electron chi connectivity index (χ3n) is 14.0. The van der Waals surface area contributed by atoms with Crippen molar-refractivity contribution in [2.24, 2.45) is 29.0 Å². The third kappa shape index (κ3) is 29.2. The summed E-state index contributed by atoms with van der Waals surface area (Å²) in [7, 11) is 0. The van der Waals surface area contributed by atoms with Crippen LogP contribution in [0.3, 0.4) is 0 Å². The molecule has 2 saturated heterocycles. The number of aliphatic hydroxyl groups excluding tert-OH is 2. The van der Waals surface area contributed by atoms with Gasteiger partial charge in [-0.25, -0.2) is 19.4 Å². The van der Waals surface area contributed by atoms with E-state index in [2.05, 4.69) is 69.9 Å². The van der Waals surface area contributed by atoms with Gasteiger partial charge in [0, 0.05) is 38.5 Å². The van der Waals surface area contributed by atoms with Gasteiger partial charge in [0.15, 0.2) is 0 Å². The lowest BCUT2D eigenvalue weighted by atomic mass is 9.98. The molecule has 2 fully saturated rings. The molecule has 2 aliphatic heterocycles. The number of nitrogens with one attached hydrogen (secondary N) is 10.